The van der Waals surface area contributed by atoms with Gasteiger partial charge in [0.25, 0.3) is 5.91 Å². The Morgan fingerprint density at radius 3 is 2.82 bits per heavy atom. The quantitative estimate of drug-likeness (QED) is 0.875. The number of nitrogens with one attached hydrogen (secondary N) is 2. The zero-order valence-electron chi connectivity index (χ0n) is 13.3. The normalized spacial score (nSPS) is 29.1. The van der Waals surface area contributed by atoms with Gasteiger partial charge in [-0.1, -0.05) is 19.3 Å². The fourth-order valence-corrected chi connectivity index (χ4v) is 5.36. The molecule has 1 aromatic rings. The third-order valence-electron chi connectivity index (χ3n) is 5.68. The molecular weight excluding hydrogens is 292 g/mol. The van der Waals surface area contributed by atoms with Crippen LogP contribution in [0.4, 0.5) is 0 Å². The number of hydrogen-bond acceptors (Lipinski definition) is 2. The minimum absolute atomic E-state index is 0.284. The lowest BCUT2D eigenvalue weighted by Gasteiger charge is -2.33. The summed E-state index contributed by atoms with van der Waals surface area (Å²) in [6.45, 7) is 1.81. The maximum absolute atomic E-state index is 12.5. The molecule has 1 aromatic heterocycles. The fourth-order valence-electron chi connectivity index (χ4n) is 4.43. The Bertz CT molecular complexity index is 531. The minimum atomic E-state index is 0.284. The zero-order chi connectivity index (χ0) is 14.9. The van der Waals surface area contributed by atoms with Gasteiger partial charge in [-0.05, 0) is 37.1 Å². The Kier molecular flexibility index (Phi) is 4.23. The first-order valence-electron chi connectivity index (χ1n) is 9.01. The summed E-state index contributed by atoms with van der Waals surface area (Å²) < 4.78 is 0. The number of carbonyl (C=O) groups excluding carboxylic acids is 1. The Balaban J connectivity index is 1.40. The molecule has 3 aliphatic rings. The molecular formula is C18H27N2OS+. The number of fused-ring (bicyclic) bond motifs is 1. The Morgan fingerprint density at radius 2 is 2.05 bits per heavy atom. The molecule has 0 aromatic carbocycles. The van der Waals surface area contributed by atoms with Crippen LogP contribution in [0.2, 0.25) is 0 Å². The van der Waals surface area contributed by atoms with Gasteiger partial charge < -0.3 is 10.2 Å². The van der Waals surface area contributed by atoms with Crippen LogP contribution in [-0.4, -0.2) is 25.0 Å². The molecule has 2 atom stereocenters. The number of hydrogen-bond donors (Lipinski definition) is 2. The zero-order valence-corrected chi connectivity index (χ0v) is 14.1. The van der Waals surface area contributed by atoms with E-state index in [2.05, 4.69) is 16.8 Å². The minimum Gasteiger partial charge on any atom is -0.348 e. The topological polar surface area (TPSA) is 33.5 Å². The summed E-state index contributed by atoms with van der Waals surface area (Å²) in [5.74, 6) is 1.11. The van der Waals surface area contributed by atoms with E-state index in [4.69, 9.17) is 0 Å². The van der Waals surface area contributed by atoms with Crippen molar-refractivity contribution in [2.75, 3.05) is 13.1 Å². The second-order valence-corrected chi connectivity index (χ2v) is 8.35. The maximum Gasteiger partial charge on any atom is 0.275 e. The molecule has 0 radical (unpaired) electrons. The van der Waals surface area contributed by atoms with Gasteiger partial charge in [-0.25, -0.2) is 0 Å². The Labute approximate surface area is 137 Å². The van der Waals surface area contributed by atoms with Crippen LogP contribution in [0.25, 0.3) is 0 Å². The molecule has 1 amide bonds. The van der Waals surface area contributed by atoms with E-state index in [1.54, 1.807) is 10.4 Å². The van der Waals surface area contributed by atoms with E-state index in [0.29, 0.717) is 18.6 Å². The molecule has 4 rings (SSSR count). The second-order valence-electron chi connectivity index (χ2n) is 7.35. The summed E-state index contributed by atoms with van der Waals surface area (Å²) in [6.07, 6.45) is 10.1. The van der Waals surface area contributed by atoms with Gasteiger partial charge in [-0.3, -0.25) is 4.79 Å². The lowest BCUT2D eigenvalue weighted by molar-refractivity contribution is -0.928. The van der Waals surface area contributed by atoms with Crippen LogP contribution in [0, 0.1) is 5.92 Å². The molecule has 2 aliphatic carbocycles. The van der Waals surface area contributed by atoms with Crippen LogP contribution >= 0.6 is 11.3 Å². The molecule has 2 saturated carbocycles. The summed E-state index contributed by atoms with van der Waals surface area (Å²) in [7, 11) is 0. The van der Waals surface area contributed by atoms with Crippen molar-refractivity contribution in [2.24, 2.45) is 5.92 Å². The molecule has 2 fully saturated rings. The monoisotopic (exact) mass is 319 g/mol. The van der Waals surface area contributed by atoms with Crippen molar-refractivity contribution in [3.05, 3.63) is 21.9 Å². The van der Waals surface area contributed by atoms with E-state index in [-0.39, 0.29) is 5.91 Å². The number of rotatable bonds is 4. The van der Waals surface area contributed by atoms with Crippen molar-refractivity contribution < 1.29 is 9.69 Å². The van der Waals surface area contributed by atoms with E-state index < -0.39 is 0 Å². The van der Waals surface area contributed by atoms with Gasteiger partial charge in [-0.15, -0.1) is 11.3 Å². The molecule has 1 aliphatic heterocycles. The number of thiophene rings is 1. The van der Waals surface area contributed by atoms with E-state index in [1.165, 1.54) is 49.8 Å². The van der Waals surface area contributed by atoms with E-state index in [9.17, 15) is 4.79 Å². The molecule has 1 unspecified atom stereocenters. The summed E-state index contributed by atoms with van der Waals surface area (Å²) >= 11 is 1.91. The average Bonchev–Trinajstić information content (AvgIpc) is 3.24. The molecule has 0 spiro atoms. The summed E-state index contributed by atoms with van der Waals surface area (Å²) in [5.41, 5.74) is 1.55. The highest BCUT2D eigenvalue weighted by atomic mass is 32.1. The van der Waals surface area contributed by atoms with Crippen molar-refractivity contribution in [1.29, 1.82) is 0 Å². The molecule has 3 nitrogen and oxygen atoms in total. The van der Waals surface area contributed by atoms with Crippen molar-refractivity contribution >= 4 is 17.2 Å². The molecule has 120 valence electrons. The molecule has 4 heteroatoms. The molecule has 22 heavy (non-hydrogen) atoms. The van der Waals surface area contributed by atoms with Crippen molar-refractivity contribution in [3.63, 3.8) is 0 Å². The Hall–Kier alpha value is -0.870. The van der Waals surface area contributed by atoms with Crippen molar-refractivity contribution in [3.8, 4) is 0 Å². The molecule has 0 saturated heterocycles. The SMILES string of the molecule is O=C(C[NH+]1CCc2sccc2[C@@H]1C1CC1)NC1CCCCC1. The largest absolute Gasteiger partial charge is 0.348 e. The van der Waals surface area contributed by atoms with Crippen LogP contribution < -0.4 is 10.2 Å². The predicted molar refractivity (Wildman–Crippen MR) is 89.2 cm³/mol. The highest BCUT2D eigenvalue weighted by molar-refractivity contribution is 7.10. The number of quaternary nitrogens is 1. The van der Waals surface area contributed by atoms with Gasteiger partial charge in [0.1, 0.15) is 6.04 Å². The highest BCUT2D eigenvalue weighted by Crippen LogP contribution is 2.42. The number of carbonyl (C=O) groups is 1. The van der Waals surface area contributed by atoms with Crippen LogP contribution in [-0.2, 0) is 11.2 Å². The van der Waals surface area contributed by atoms with Gasteiger partial charge in [0.15, 0.2) is 6.54 Å². The standard InChI is InChI=1S/C18H26N2OS/c21-17(19-14-4-2-1-3-5-14)12-20-10-8-16-15(9-11-22-16)18(20)13-6-7-13/h9,11,13-14,18H,1-8,10,12H2,(H,19,21)/p+1/t18-/m0/s1. The smallest absolute Gasteiger partial charge is 0.275 e. The van der Waals surface area contributed by atoms with E-state index in [1.807, 2.05) is 11.3 Å². The lowest BCUT2D eigenvalue weighted by Crippen LogP contribution is -3.14. The maximum atomic E-state index is 12.5. The van der Waals surface area contributed by atoms with E-state index >= 15 is 0 Å². The Morgan fingerprint density at radius 1 is 1.23 bits per heavy atom. The van der Waals surface area contributed by atoms with E-state index in [0.717, 1.165) is 18.9 Å². The fraction of sp³-hybridized carbons (Fsp3) is 0.722. The van der Waals surface area contributed by atoms with Gasteiger partial charge >= 0.3 is 0 Å². The second kappa shape index (κ2) is 6.32. The van der Waals surface area contributed by atoms with Crippen LogP contribution in [0.1, 0.15) is 61.4 Å². The first-order valence-corrected chi connectivity index (χ1v) is 9.89. The van der Waals surface area contributed by atoms with Crippen molar-refractivity contribution in [1.82, 2.24) is 5.32 Å². The van der Waals surface area contributed by atoms with Gasteiger partial charge in [0.05, 0.1) is 6.54 Å². The van der Waals surface area contributed by atoms with Gasteiger partial charge in [0, 0.05) is 28.8 Å². The van der Waals surface area contributed by atoms with Crippen molar-refractivity contribution in [2.45, 2.75) is 63.5 Å². The van der Waals surface area contributed by atoms with Gasteiger partial charge in [-0.2, -0.15) is 0 Å². The summed E-state index contributed by atoms with van der Waals surface area (Å²) in [5, 5.41) is 5.55. The third kappa shape index (κ3) is 3.09. The third-order valence-corrected chi connectivity index (χ3v) is 6.68. The van der Waals surface area contributed by atoms with Crippen LogP contribution in [0.5, 0.6) is 0 Å². The van der Waals surface area contributed by atoms with Gasteiger partial charge in [0.2, 0.25) is 0 Å². The molecule has 2 heterocycles. The first kappa shape index (κ1) is 14.7. The number of amides is 1. The lowest BCUT2D eigenvalue weighted by atomic mass is 9.95. The summed E-state index contributed by atoms with van der Waals surface area (Å²) in [4.78, 5) is 15.6. The average molecular weight is 319 g/mol. The van der Waals surface area contributed by atoms with Crippen LogP contribution in [0.3, 0.4) is 0 Å². The highest BCUT2D eigenvalue weighted by Gasteiger charge is 2.43. The summed E-state index contributed by atoms with van der Waals surface area (Å²) in [6, 6.07) is 3.36. The van der Waals surface area contributed by atoms with Crippen LogP contribution in [0.15, 0.2) is 11.4 Å². The first-order chi connectivity index (χ1) is 10.8. The molecule has 2 N–H and O–H groups in total. The predicted octanol–water partition coefficient (Wildman–Crippen LogP) is 2.09. The molecule has 0 bridgehead atoms.